The summed E-state index contributed by atoms with van der Waals surface area (Å²) in [5.74, 6) is 0. The molecule has 0 unspecified atom stereocenters. The van der Waals surface area contributed by atoms with Crippen molar-refractivity contribution in [2.45, 2.75) is 43.9 Å². The second-order valence-electron chi connectivity index (χ2n) is 9.24. The molecule has 0 spiro atoms. The highest BCUT2D eigenvalue weighted by molar-refractivity contribution is 7.92. The van der Waals surface area contributed by atoms with Crippen LogP contribution in [0.5, 0.6) is 0 Å². The molecule has 0 radical (unpaired) electrons. The van der Waals surface area contributed by atoms with Crippen molar-refractivity contribution < 1.29 is 13.2 Å². The zero-order valence-electron chi connectivity index (χ0n) is 19.1. The first-order valence-electron chi connectivity index (χ1n) is 11.0. The third kappa shape index (κ3) is 5.03. The number of urea groups is 1. The normalized spacial score (nSPS) is 13.8. The van der Waals surface area contributed by atoms with Gasteiger partial charge in [-0.1, -0.05) is 51.1 Å². The summed E-state index contributed by atoms with van der Waals surface area (Å²) in [5.41, 5.74) is 4.13. The number of anilines is 3. The molecule has 7 heteroatoms. The van der Waals surface area contributed by atoms with Gasteiger partial charge in [-0.2, -0.15) is 0 Å². The fourth-order valence-corrected chi connectivity index (χ4v) is 5.52. The van der Waals surface area contributed by atoms with E-state index in [9.17, 15) is 13.2 Å². The van der Waals surface area contributed by atoms with E-state index in [1.807, 2.05) is 30.3 Å². The number of amides is 2. The minimum atomic E-state index is -3.63. The second-order valence-corrected chi connectivity index (χ2v) is 11.1. The first-order valence-corrected chi connectivity index (χ1v) is 12.5. The number of carbonyl (C=O) groups excluding carboxylic acids is 1. The van der Waals surface area contributed by atoms with Crippen LogP contribution in [0, 0.1) is 0 Å². The van der Waals surface area contributed by atoms with Crippen molar-refractivity contribution in [2.75, 3.05) is 21.5 Å². The Hall–Kier alpha value is -3.32. The lowest BCUT2D eigenvalue weighted by molar-refractivity contribution is 0.262. The summed E-state index contributed by atoms with van der Waals surface area (Å²) >= 11 is 0. The number of hydrogen-bond donors (Lipinski definition) is 2. The third-order valence-electron chi connectivity index (χ3n) is 5.75. The van der Waals surface area contributed by atoms with Crippen LogP contribution in [0.15, 0.2) is 77.7 Å². The Morgan fingerprint density at radius 2 is 1.52 bits per heavy atom. The van der Waals surface area contributed by atoms with Crippen LogP contribution in [0.4, 0.5) is 21.9 Å². The van der Waals surface area contributed by atoms with E-state index in [1.165, 1.54) is 9.87 Å². The second kappa shape index (κ2) is 8.90. The summed E-state index contributed by atoms with van der Waals surface area (Å²) in [6, 6.07) is 21.3. The topological polar surface area (TPSA) is 78.5 Å². The number of rotatable bonds is 4. The van der Waals surface area contributed by atoms with Gasteiger partial charge in [-0.15, -0.1) is 0 Å². The maximum atomic E-state index is 13.1. The molecule has 1 heterocycles. The fourth-order valence-electron chi connectivity index (χ4n) is 3.96. The van der Waals surface area contributed by atoms with E-state index in [0.29, 0.717) is 23.6 Å². The van der Waals surface area contributed by atoms with E-state index < -0.39 is 10.0 Å². The van der Waals surface area contributed by atoms with Crippen molar-refractivity contribution in [3.63, 3.8) is 0 Å². The number of benzene rings is 3. The van der Waals surface area contributed by atoms with Crippen LogP contribution in [-0.2, 0) is 21.9 Å². The smallest absolute Gasteiger partial charge is 0.308 e. The maximum absolute atomic E-state index is 13.1. The molecular formula is C26H29N3O3S. The van der Waals surface area contributed by atoms with Crippen molar-refractivity contribution >= 4 is 33.1 Å². The molecule has 0 aliphatic carbocycles. The number of nitrogens with one attached hydrogen (secondary N) is 2. The van der Waals surface area contributed by atoms with Crippen LogP contribution in [0.2, 0.25) is 0 Å². The monoisotopic (exact) mass is 463 g/mol. The van der Waals surface area contributed by atoms with Crippen molar-refractivity contribution in [1.82, 2.24) is 0 Å². The molecular weight excluding hydrogens is 434 g/mol. The summed E-state index contributed by atoms with van der Waals surface area (Å²) in [6.45, 7) is 6.86. The van der Waals surface area contributed by atoms with E-state index in [4.69, 9.17) is 0 Å². The number of nitrogens with zero attached hydrogens (tertiary/aromatic N) is 1. The molecule has 0 saturated heterocycles. The molecule has 33 heavy (non-hydrogen) atoms. The zero-order chi connectivity index (χ0) is 23.6. The van der Waals surface area contributed by atoms with Gasteiger partial charge in [-0.25, -0.2) is 13.2 Å². The molecule has 2 N–H and O–H groups in total. The van der Waals surface area contributed by atoms with Crippen molar-refractivity contribution in [2.24, 2.45) is 0 Å². The molecule has 6 nitrogen and oxygen atoms in total. The zero-order valence-corrected chi connectivity index (χ0v) is 19.9. The highest BCUT2D eigenvalue weighted by atomic mass is 32.2. The Kier molecular flexibility index (Phi) is 6.17. The van der Waals surface area contributed by atoms with Crippen LogP contribution >= 0.6 is 0 Å². The molecule has 0 saturated carbocycles. The van der Waals surface area contributed by atoms with Crippen LogP contribution < -0.4 is 14.9 Å². The molecule has 3 aromatic carbocycles. The summed E-state index contributed by atoms with van der Waals surface area (Å²) in [7, 11) is -3.63. The summed E-state index contributed by atoms with van der Waals surface area (Å²) in [5, 5.41) is 5.70. The number of carbonyl (C=O) groups is 1. The summed E-state index contributed by atoms with van der Waals surface area (Å²) in [6.07, 6.45) is 1.47. The molecule has 0 bridgehead atoms. The number of hydrogen-bond acceptors (Lipinski definition) is 3. The fraction of sp³-hybridized carbons (Fsp3) is 0.269. The van der Waals surface area contributed by atoms with E-state index >= 15 is 0 Å². The lowest BCUT2D eigenvalue weighted by Gasteiger charge is -2.30. The van der Waals surface area contributed by atoms with E-state index in [2.05, 4.69) is 31.4 Å². The van der Waals surface area contributed by atoms with Crippen LogP contribution in [0.25, 0.3) is 0 Å². The van der Waals surface area contributed by atoms with Gasteiger partial charge in [0.2, 0.25) is 0 Å². The van der Waals surface area contributed by atoms with E-state index in [1.54, 1.807) is 42.5 Å². The quantitative estimate of drug-likeness (QED) is 0.516. The predicted octanol–water partition coefficient (Wildman–Crippen LogP) is 5.77. The first-order chi connectivity index (χ1) is 15.6. The van der Waals surface area contributed by atoms with Crippen LogP contribution in [-0.4, -0.2) is 21.0 Å². The van der Waals surface area contributed by atoms with Gasteiger partial charge in [-0.3, -0.25) is 4.31 Å². The maximum Gasteiger partial charge on any atom is 0.323 e. The average molecular weight is 464 g/mol. The number of sulfonamides is 1. The summed E-state index contributed by atoms with van der Waals surface area (Å²) < 4.78 is 27.8. The standard InChI is InChI=1S/C26H29N3O3S/c1-26(2,3)20-11-13-21(14-12-20)27-25(30)28-22-15-16-24-19(18-22)8-7-17-29(24)33(31,32)23-9-5-4-6-10-23/h4-6,9-16,18H,7-8,17H2,1-3H3,(H2,27,28,30). The molecule has 2 amide bonds. The lowest BCUT2D eigenvalue weighted by Crippen LogP contribution is -2.35. The SMILES string of the molecule is CC(C)(C)c1ccc(NC(=O)Nc2ccc3c(c2)CCCN3S(=O)(=O)c2ccccc2)cc1. The van der Waals surface area contributed by atoms with E-state index in [0.717, 1.165) is 18.4 Å². The van der Waals surface area contributed by atoms with Gasteiger partial charge in [-0.05, 0) is 71.8 Å². The molecule has 1 aliphatic rings. The Morgan fingerprint density at radius 3 is 2.18 bits per heavy atom. The van der Waals surface area contributed by atoms with Crippen LogP contribution in [0.1, 0.15) is 38.3 Å². The van der Waals surface area contributed by atoms with Crippen molar-refractivity contribution in [3.05, 3.63) is 83.9 Å². The Labute approximate surface area is 195 Å². The molecule has 0 aromatic heterocycles. The molecule has 0 atom stereocenters. The Balaban J connectivity index is 1.49. The molecule has 172 valence electrons. The van der Waals surface area contributed by atoms with Gasteiger partial charge in [0, 0.05) is 17.9 Å². The average Bonchev–Trinajstić information content (AvgIpc) is 2.79. The Morgan fingerprint density at radius 1 is 0.879 bits per heavy atom. The van der Waals surface area contributed by atoms with Gasteiger partial charge in [0.05, 0.1) is 10.6 Å². The number of aryl methyl sites for hydroxylation is 1. The van der Waals surface area contributed by atoms with E-state index in [-0.39, 0.29) is 16.3 Å². The van der Waals surface area contributed by atoms with Gasteiger partial charge >= 0.3 is 6.03 Å². The predicted molar refractivity (Wildman–Crippen MR) is 134 cm³/mol. The van der Waals surface area contributed by atoms with Crippen LogP contribution in [0.3, 0.4) is 0 Å². The lowest BCUT2D eigenvalue weighted by atomic mass is 9.87. The molecule has 4 rings (SSSR count). The molecule has 3 aromatic rings. The summed E-state index contributed by atoms with van der Waals surface area (Å²) in [4.78, 5) is 12.8. The van der Waals surface area contributed by atoms with Gasteiger partial charge < -0.3 is 10.6 Å². The van der Waals surface area contributed by atoms with Crippen molar-refractivity contribution in [1.29, 1.82) is 0 Å². The number of fused-ring (bicyclic) bond motifs is 1. The molecule has 1 aliphatic heterocycles. The minimum absolute atomic E-state index is 0.0474. The largest absolute Gasteiger partial charge is 0.323 e. The van der Waals surface area contributed by atoms with Crippen molar-refractivity contribution in [3.8, 4) is 0 Å². The first kappa shape index (κ1) is 22.9. The highest BCUT2D eigenvalue weighted by Crippen LogP contribution is 2.34. The Bertz CT molecular complexity index is 1250. The third-order valence-corrected chi connectivity index (χ3v) is 7.58. The highest BCUT2D eigenvalue weighted by Gasteiger charge is 2.29. The van der Waals surface area contributed by atoms with Gasteiger partial charge in [0.1, 0.15) is 0 Å². The van der Waals surface area contributed by atoms with Gasteiger partial charge in [0.15, 0.2) is 0 Å². The molecule has 0 fully saturated rings. The minimum Gasteiger partial charge on any atom is -0.308 e. The van der Waals surface area contributed by atoms with Gasteiger partial charge in [0.25, 0.3) is 10.0 Å².